The maximum Gasteiger partial charge on any atom is 0.322 e. The van der Waals surface area contributed by atoms with Gasteiger partial charge in [-0.25, -0.2) is 0 Å². The Morgan fingerprint density at radius 1 is 1.67 bits per heavy atom. The SMILES string of the molecule is COC(=O)[C@@H](N)CC/C=C\CO. The molecule has 70 valence electrons. The Bertz CT molecular complexity index is 156. The standard InChI is InChI=1S/C8H15NO3/c1-12-8(11)7(9)5-3-2-4-6-10/h2,4,7,10H,3,5-6,9H2,1H3/b4-2-/t7-/m0/s1. The van der Waals surface area contributed by atoms with Crippen LogP contribution in [0.5, 0.6) is 0 Å². The van der Waals surface area contributed by atoms with Gasteiger partial charge in [0, 0.05) is 0 Å². The summed E-state index contributed by atoms with van der Waals surface area (Å²) >= 11 is 0. The summed E-state index contributed by atoms with van der Waals surface area (Å²) in [5.74, 6) is -0.396. The van der Waals surface area contributed by atoms with Crippen molar-refractivity contribution in [2.75, 3.05) is 13.7 Å². The second-order valence-corrected chi connectivity index (χ2v) is 2.36. The molecule has 0 bridgehead atoms. The smallest absolute Gasteiger partial charge is 0.322 e. The van der Waals surface area contributed by atoms with Crippen molar-refractivity contribution in [1.29, 1.82) is 0 Å². The van der Waals surface area contributed by atoms with Gasteiger partial charge in [-0.15, -0.1) is 0 Å². The lowest BCUT2D eigenvalue weighted by Crippen LogP contribution is -2.31. The maximum absolute atomic E-state index is 10.8. The molecule has 0 amide bonds. The van der Waals surface area contributed by atoms with Gasteiger partial charge in [0.25, 0.3) is 0 Å². The first-order chi connectivity index (χ1) is 5.72. The zero-order valence-electron chi connectivity index (χ0n) is 7.19. The van der Waals surface area contributed by atoms with Crippen LogP contribution in [0, 0.1) is 0 Å². The Kier molecular flexibility index (Phi) is 6.32. The van der Waals surface area contributed by atoms with Gasteiger partial charge in [0.15, 0.2) is 0 Å². The topological polar surface area (TPSA) is 72.5 Å². The number of carbonyl (C=O) groups is 1. The Morgan fingerprint density at radius 2 is 2.33 bits per heavy atom. The van der Waals surface area contributed by atoms with Crippen LogP contribution in [0.2, 0.25) is 0 Å². The van der Waals surface area contributed by atoms with Gasteiger partial charge in [0.1, 0.15) is 6.04 Å². The van der Waals surface area contributed by atoms with Gasteiger partial charge in [-0.05, 0) is 12.8 Å². The number of esters is 1. The van der Waals surface area contributed by atoms with Gasteiger partial charge < -0.3 is 15.6 Å². The first kappa shape index (κ1) is 11.1. The third-order valence-electron chi connectivity index (χ3n) is 1.42. The van der Waals surface area contributed by atoms with Crippen molar-refractivity contribution in [2.45, 2.75) is 18.9 Å². The Balaban J connectivity index is 3.50. The molecule has 0 aliphatic heterocycles. The fourth-order valence-corrected chi connectivity index (χ4v) is 0.737. The van der Waals surface area contributed by atoms with E-state index in [0.29, 0.717) is 12.8 Å². The van der Waals surface area contributed by atoms with E-state index in [9.17, 15) is 4.79 Å². The lowest BCUT2D eigenvalue weighted by Gasteiger charge is -2.06. The molecule has 0 aliphatic carbocycles. The predicted octanol–water partition coefficient (Wildman–Crippen LogP) is -0.185. The molecule has 0 aromatic carbocycles. The fraction of sp³-hybridized carbons (Fsp3) is 0.625. The van der Waals surface area contributed by atoms with Gasteiger partial charge in [-0.1, -0.05) is 12.2 Å². The number of carbonyl (C=O) groups excluding carboxylic acids is 1. The van der Waals surface area contributed by atoms with E-state index in [2.05, 4.69) is 4.74 Å². The average molecular weight is 173 g/mol. The van der Waals surface area contributed by atoms with E-state index in [4.69, 9.17) is 10.8 Å². The van der Waals surface area contributed by atoms with Gasteiger partial charge >= 0.3 is 5.97 Å². The molecule has 0 aromatic rings. The molecule has 0 radical (unpaired) electrons. The molecule has 0 unspecified atom stereocenters. The summed E-state index contributed by atoms with van der Waals surface area (Å²) in [6, 6.07) is -0.557. The van der Waals surface area contributed by atoms with Gasteiger partial charge in [0.2, 0.25) is 0 Å². The largest absolute Gasteiger partial charge is 0.468 e. The van der Waals surface area contributed by atoms with E-state index in [1.54, 1.807) is 12.2 Å². The highest BCUT2D eigenvalue weighted by atomic mass is 16.5. The van der Waals surface area contributed by atoms with Gasteiger partial charge in [-0.3, -0.25) is 4.79 Å². The zero-order valence-corrected chi connectivity index (χ0v) is 7.19. The fourth-order valence-electron chi connectivity index (χ4n) is 0.737. The Morgan fingerprint density at radius 3 is 2.83 bits per heavy atom. The third kappa shape index (κ3) is 4.87. The van der Waals surface area contributed by atoms with E-state index >= 15 is 0 Å². The molecule has 0 heterocycles. The predicted molar refractivity (Wildman–Crippen MR) is 45.5 cm³/mol. The normalized spacial score (nSPS) is 13.2. The highest BCUT2D eigenvalue weighted by Gasteiger charge is 2.11. The number of nitrogens with two attached hydrogens (primary N) is 1. The van der Waals surface area contributed by atoms with Crippen molar-refractivity contribution in [3.8, 4) is 0 Å². The lowest BCUT2D eigenvalue weighted by atomic mass is 10.1. The van der Waals surface area contributed by atoms with E-state index in [1.807, 2.05) is 0 Å². The van der Waals surface area contributed by atoms with Crippen molar-refractivity contribution >= 4 is 5.97 Å². The molecule has 0 fully saturated rings. The van der Waals surface area contributed by atoms with Crippen LogP contribution in [0.3, 0.4) is 0 Å². The van der Waals surface area contributed by atoms with Crippen molar-refractivity contribution in [3.63, 3.8) is 0 Å². The number of ether oxygens (including phenoxy) is 1. The van der Waals surface area contributed by atoms with E-state index in [-0.39, 0.29) is 6.61 Å². The number of hydrogen-bond acceptors (Lipinski definition) is 4. The van der Waals surface area contributed by atoms with E-state index in [1.165, 1.54) is 7.11 Å². The highest BCUT2D eigenvalue weighted by molar-refractivity contribution is 5.75. The number of aliphatic hydroxyl groups excluding tert-OH is 1. The summed E-state index contributed by atoms with van der Waals surface area (Å²) in [4.78, 5) is 10.8. The molecule has 0 spiro atoms. The average Bonchev–Trinajstić information content (AvgIpc) is 2.10. The quantitative estimate of drug-likeness (QED) is 0.446. The van der Waals surface area contributed by atoms with Crippen molar-refractivity contribution < 1.29 is 14.6 Å². The minimum atomic E-state index is -0.557. The van der Waals surface area contributed by atoms with Crippen LogP contribution in [0.15, 0.2) is 12.2 Å². The minimum Gasteiger partial charge on any atom is -0.468 e. The Labute approximate surface area is 72.0 Å². The molecule has 0 aliphatic rings. The summed E-state index contributed by atoms with van der Waals surface area (Å²) in [5, 5.41) is 8.38. The molecule has 12 heavy (non-hydrogen) atoms. The summed E-state index contributed by atoms with van der Waals surface area (Å²) in [6.45, 7) is 0.0213. The first-order valence-corrected chi connectivity index (χ1v) is 3.81. The number of hydrogen-bond donors (Lipinski definition) is 2. The van der Waals surface area contributed by atoms with Crippen LogP contribution in [-0.2, 0) is 9.53 Å². The molecule has 1 atom stereocenters. The van der Waals surface area contributed by atoms with Crippen LogP contribution in [0.25, 0.3) is 0 Å². The Hall–Kier alpha value is -0.870. The van der Waals surface area contributed by atoms with Crippen molar-refractivity contribution in [2.24, 2.45) is 5.73 Å². The summed E-state index contributed by atoms with van der Waals surface area (Å²) in [7, 11) is 1.31. The van der Waals surface area contributed by atoms with E-state index in [0.717, 1.165) is 0 Å². The number of allylic oxidation sites excluding steroid dienone is 1. The van der Waals surface area contributed by atoms with Crippen LogP contribution < -0.4 is 5.73 Å². The minimum absolute atomic E-state index is 0.0213. The van der Waals surface area contributed by atoms with Crippen LogP contribution in [0.4, 0.5) is 0 Å². The summed E-state index contributed by atoms with van der Waals surface area (Å²) in [6.07, 6.45) is 4.62. The molecule has 0 aromatic heterocycles. The molecule has 0 saturated heterocycles. The highest BCUT2D eigenvalue weighted by Crippen LogP contribution is 1.97. The molecular weight excluding hydrogens is 158 g/mol. The summed E-state index contributed by atoms with van der Waals surface area (Å²) in [5.41, 5.74) is 5.44. The van der Waals surface area contributed by atoms with E-state index < -0.39 is 12.0 Å². The number of methoxy groups -OCH3 is 1. The second-order valence-electron chi connectivity index (χ2n) is 2.36. The molecular formula is C8H15NO3. The second kappa shape index (κ2) is 6.82. The third-order valence-corrected chi connectivity index (χ3v) is 1.42. The number of rotatable bonds is 5. The summed E-state index contributed by atoms with van der Waals surface area (Å²) < 4.78 is 4.43. The zero-order chi connectivity index (χ0) is 9.40. The lowest BCUT2D eigenvalue weighted by molar-refractivity contribution is -0.142. The van der Waals surface area contributed by atoms with Gasteiger partial charge in [0.05, 0.1) is 13.7 Å². The molecule has 4 nitrogen and oxygen atoms in total. The van der Waals surface area contributed by atoms with Crippen LogP contribution in [0.1, 0.15) is 12.8 Å². The van der Waals surface area contributed by atoms with Crippen molar-refractivity contribution in [1.82, 2.24) is 0 Å². The molecule has 0 saturated carbocycles. The van der Waals surface area contributed by atoms with Crippen molar-refractivity contribution in [3.05, 3.63) is 12.2 Å². The molecule has 3 N–H and O–H groups in total. The van der Waals surface area contributed by atoms with Gasteiger partial charge in [-0.2, -0.15) is 0 Å². The first-order valence-electron chi connectivity index (χ1n) is 3.81. The van der Waals surface area contributed by atoms with Crippen LogP contribution >= 0.6 is 0 Å². The monoisotopic (exact) mass is 173 g/mol. The molecule has 4 heteroatoms. The maximum atomic E-state index is 10.8. The molecule has 0 rings (SSSR count). The number of aliphatic hydroxyl groups is 1. The van der Waals surface area contributed by atoms with Crippen LogP contribution in [-0.4, -0.2) is 30.8 Å².